The zero-order chi connectivity index (χ0) is 30.1. The third kappa shape index (κ3) is 8.19. The first-order valence-corrected chi connectivity index (χ1v) is 14.3. The third-order valence-electron chi connectivity index (χ3n) is 7.07. The van der Waals surface area contributed by atoms with Gasteiger partial charge in [0.1, 0.15) is 18.7 Å². The van der Waals surface area contributed by atoms with Crippen molar-refractivity contribution in [1.82, 2.24) is 14.8 Å². The number of hydrogen-bond acceptors (Lipinski definition) is 4. The number of nitrogens with zero attached hydrogens (tertiary/aromatic N) is 2. The molecule has 0 fully saturated rings. The molecule has 0 saturated heterocycles. The largest absolute Gasteiger partial charge is 0.461 e. The SMILES string of the molecule is CC(C)C[C@H](NC(=O)[C@@H](CC(=O)OCc1ccccc1)n1ccc(-c2ccc(-c3ccccc3)cc2)c1)C(=O)N(C)C. The maximum absolute atomic E-state index is 13.7. The highest BCUT2D eigenvalue weighted by molar-refractivity contribution is 5.91. The molecule has 4 rings (SSSR count). The number of carbonyl (C=O) groups excluding carboxylic acids is 3. The predicted molar refractivity (Wildman–Crippen MR) is 165 cm³/mol. The molecule has 1 aromatic heterocycles. The van der Waals surface area contributed by atoms with Crippen molar-refractivity contribution in [2.45, 2.75) is 45.4 Å². The molecular weight excluding hydrogens is 526 g/mol. The number of likely N-dealkylation sites (N-methyl/N-ethyl adjacent to an activating group) is 1. The lowest BCUT2D eigenvalue weighted by molar-refractivity contribution is -0.148. The molecule has 7 heteroatoms. The van der Waals surface area contributed by atoms with Gasteiger partial charge in [-0.25, -0.2) is 0 Å². The van der Waals surface area contributed by atoms with Crippen molar-refractivity contribution >= 4 is 17.8 Å². The fourth-order valence-electron chi connectivity index (χ4n) is 4.82. The number of esters is 1. The Morgan fingerprint density at radius 3 is 1.95 bits per heavy atom. The van der Waals surface area contributed by atoms with Crippen LogP contribution in [0.5, 0.6) is 0 Å². The lowest BCUT2D eigenvalue weighted by Crippen LogP contribution is -2.49. The van der Waals surface area contributed by atoms with E-state index in [4.69, 9.17) is 4.74 Å². The Bertz CT molecular complexity index is 1460. The van der Waals surface area contributed by atoms with Crippen LogP contribution in [0, 0.1) is 5.92 Å². The van der Waals surface area contributed by atoms with Crippen LogP contribution in [0.2, 0.25) is 0 Å². The van der Waals surface area contributed by atoms with Gasteiger partial charge in [-0.05, 0) is 46.2 Å². The van der Waals surface area contributed by atoms with Gasteiger partial charge in [-0.1, -0.05) is 98.8 Å². The molecule has 42 heavy (non-hydrogen) atoms. The van der Waals surface area contributed by atoms with E-state index in [-0.39, 0.29) is 24.9 Å². The van der Waals surface area contributed by atoms with Crippen molar-refractivity contribution in [2.24, 2.45) is 5.92 Å². The summed E-state index contributed by atoms with van der Waals surface area (Å²) in [4.78, 5) is 41.0. The maximum Gasteiger partial charge on any atom is 0.308 e. The minimum Gasteiger partial charge on any atom is -0.461 e. The summed E-state index contributed by atoms with van der Waals surface area (Å²) in [6.45, 7) is 4.12. The first-order valence-electron chi connectivity index (χ1n) is 14.3. The Balaban J connectivity index is 1.56. The number of ether oxygens (including phenoxy) is 1. The monoisotopic (exact) mass is 565 g/mol. The van der Waals surface area contributed by atoms with E-state index in [0.717, 1.165) is 27.8 Å². The molecule has 0 spiro atoms. The Morgan fingerprint density at radius 2 is 1.36 bits per heavy atom. The molecule has 7 nitrogen and oxygen atoms in total. The number of aromatic nitrogens is 1. The molecule has 0 radical (unpaired) electrons. The van der Waals surface area contributed by atoms with Crippen molar-refractivity contribution in [2.75, 3.05) is 14.1 Å². The number of hydrogen-bond donors (Lipinski definition) is 1. The zero-order valence-electron chi connectivity index (χ0n) is 24.7. The van der Waals surface area contributed by atoms with E-state index in [1.54, 1.807) is 24.9 Å². The average Bonchev–Trinajstić information content (AvgIpc) is 3.49. The third-order valence-corrected chi connectivity index (χ3v) is 7.07. The first-order chi connectivity index (χ1) is 20.2. The smallest absolute Gasteiger partial charge is 0.308 e. The van der Waals surface area contributed by atoms with E-state index >= 15 is 0 Å². The Hall–Kier alpha value is -4.65. The predicted octanol–water partition coefficient (Wildman–Crippen LogP) is 6.12. The summed E-state index contributed by atoms with van der Waals surface area (Å²) < 4.78 is 7.25. The molecule has 0 bridgehead atoms. The fraction of sp³-hybridized carbons (Fsp3) is 0.286. The van der Waals surface area contributed by atoms with Crippen LogP contribution < -0.4 is 5.32 Å². The Labute approximate surface area is 248 Å². The van der Waals surface area contributed by atoms with Gasteiger partial charge in [0.2, 0.25) is 11.8 Å². The lowest BCUT2D eigenvalue weighted by atomic mass is 10.0. The second-order valence-corrected chi connectivity index (χ2v) is 11.1. The van der Waals surface area contributed by atoms with E-state index in [2.05, 4.69) is 29.6 Å². The molecule has 2 atom stereocenters. The lowest BCUT2D eigenvalue weighted by Gasteiger charge is -2.26. The second kappa shape index (κ2) is 14.3. The first kappa shape index (κ1) is 30.3. The number of carbonyl (C=O) groups is 3. The van der Waals surface area contributed by atoms with Crippen molar-refractivity contribution in [3.05, 3.63) is 109 Å². The molecule has 218 valence electrons. The topological polar surface area (TPSA) is 80.6 Å². The number of amides is 2. The van der Waals surface area contributed by atoms with Crippen molar-refractivity contribution < 1.29 is 19.1 Å². The van der Waals surface area contributed by atoms with Gasteiger partial charge in [0.15, 0.2) is 0 Å². The number of benzene rings is 3. The van der Waals surface area contributed by atoms with Crippen molar-refractivity contribution in [1.29, 1.82) is 0 Å². The zero-order valence-corrected chi connectivity index (χ0v) is 24.7. The molecular formula is C35H39N3O4. The highest BCUT2D eigenvalue weighted by Gasteiger charge is 2.30. The summed E-state index contributed by atoms with van der Waals surface area (Å²) >= 11 is 0. The van der Waals surface area contributed by atoms with Crippen LogP contribution in [0.15, 0.2) is 103 Å². The standard InChI is InChI=1S/C35H39N3O4/c1-25(2)21-31(35(41)37(3)4)36-34(40)32(22-33(39)42-24-26-11-7-5-8-12-26)38-20-19-30(23-38)29-17-15-28(16-18-29)27-13-9-6-10-14-27/h5-20,23,25,31-32H,21-22,24H2,1-4H3,(H,36,40)/t31-,32+/m0/s1. The molecule has 3 aromatic carbocycles. The molecule has 0 aliphatic heterocycles. The second-order valence-electron chi connectivity index (χ2n) is 11.1. The summed E-state index contributed by atoms with van der Waals surface area (Å²) in [6, 6.07) is 28.1. The molecule has 0 saturated carbocycles. The number of rotatable bonds is 12. The van der Waals surface area contributed by atoms with Crippen LogP contribution >= 0.6 is 0 Å². The normalized spacial score (nSPS) is 12.4. The van der Waals surface area contributed by atoms with Gasteiger partial charge >= 0.3 is 5.97 Å². The van der Waals surface area contributed by atoms with Gasteiger partial charge in [0, 0.05) is 26.5 Å². The highest BCUT2D eigenvalue weighted by atomic mass is 16.5. The molecule has 1 heterocycles. The van der Waals surface area contributed by atoms with E-state index in [9.17, 15) is 14.4 Å². The summed E-state index contributed by atoms with van der Waals surface area (Å²) in [5.74, 6) is -0.908. The van der Waals surface area contributed by atoms with Crippen LogP contribution in [0.4, 0.5) is 0 Å². The van der Waals surface area contributed by atoms with Gasteiger partial charge in [-0.3, -0.25) is 14.4 Å². The molecule has 0 aliphatic rings. The van der Waals surface area contributed by atoms with Crippen LogP contribution in [0.25, 0.3) is 22.3 Å². The van der Waals surface area contributed by atoms with Gasteiger partial charge in [-0.15, -0.1) is 0 Å². The van der Waals surface area contributed by atoms with E-state index in [1.807, 2.05) is 86.8 Å². The highest BCUT2D eigenvalue weighted by Crippen LogP contribution is 2.27. The summed E-state index contributed by atoms with van der Waals surface area (Å²) in [5.41, 5.74) is 5.00. The average molecular weight is 566 g/mol. The van der Waals surface area contributed by atoms with Crippen LogP contribution in [0.3, 0.4) is 0 Å². The van der Waals surface area contributed by atoms with Crippen LogP contribution in [-0.2, 0) is 25.7 Å². The minimum absolute atomic E-state index is 0.119. The van der Waals surface area contributed by atoms with Gasteiger partial charge < -0.3 is 19.5 Å². The van der Waals surface area contributed by atoms with Crippen molar-refractivity contribution in [3.8, 4) is 22.3 Å². The molecule has 2 amide bonds. The fourth-order valence-corrected chi connectivity index (χ4v) is 4.82. The number of nitrogens with one attached hydrogen (secondary N) is 1. The van der Waals surface area contributed by atoms with Crippen LogP contribution in [-0.4, -0.2) is 47.4 Å². The minimum atomic E-state index is -0.893. The van der Waals surface area contributed by atoms with Gasteiger partial charge in [0.25, 0.3) is 0 Å². The van der Waals surface area contributed by atoms with Gasteiger partial charge in [0.05, 0.1) is 6.42 Å². The molecule has 1 N–H and O–H groups in total. The van der Waals surface area contributed by atoms with E-state index in [1.165, 1.54) is 4.90 Å². The summed E-state index contributed by atoms with van der Waals surface area (Å²) in [7, 11) is 3.34. The summed E-state index contributed by atoms with van der Waals surface area (Å²) in [5, 5.41) is 2.92. The molecule has 0 aliphatic carbocycles. The maximum atomic E-state index is 13.7. The van der Waals surface area contributed by atoms with Gasteiger partial charge in [-0.2, -0.15) is 0 Å². The van der Waals surface area contributed by atoms with Crippen molar-refractivity contribution in [3.63, 3.8) is 0 Å². The quantitative estimate of drug-likeness (QED) is 0.210. The molecule has 4 aromatic rings. The summed E-state index contributed by atoms with van der Waals surface area (Å²) in [6.07, 6.45) is 3.96. The Morgan fingerprint density at radius 1 is 0.786 bits per heavy atom. The van der Waals surface area contributed by atoms with Crippen LogP contribution in [0.1, 0.15) is 38.3 Å². The van der Waals surface area contributed by atoms with E-state index < -0.39 is 24.0 Å². The van der Waals surface area contributed by atoms with E-state index in [0.29, 0.717) is 6.42 Å². The molecule has 0 unspecified atom stereocenters. The Kier molecular flexibility index (Phi) is 10.3.